The molecule has 8 heavy (non-hydrogen) atoms. The van der Waals surface area contributed by atoms with E-state index in [4.69, 9.17) is 0 Å². The van der Waals surface area contributed by atoms with Gasteiger partial charge in [0, 0.05) is 0 Å². The van der Waals surface area contributed by atoms with Gasteiger partial charge in [-0.2, -0.15) is 0 Å². The van der Waals surface area contributed by atoms with Crippen LogP contribution in [0.5, 0.6) is 0 Å². The van der Waals surface area contributed by atoms with Gasteiger partial charge in [-0.05, 0) is 4.73 Å². The molecule has 0 heterocycles. The Balaban J connectivity index is 3.35. The molecule has 0 aliphatic heterocycles. The van der Waals surface area contributed by atoms with Crippen molar-refractivity contribution in [1.82, 2.24) is 0 Å². The molecule has 0 aromatic carbocycles. The highest BCUT2D eigenvalue weighted by Gasteiger charge is 2.12. The van der Waals surface area contributed by atoms with Gasteiger partial charge in [-0.25, -0.2) is 0 Å². The summed E-state index contributed by atoms with van der Waals surface area (Å²) in [4.78, 5) is 0. The van der Waals surface area contributed by atoms with Gasteiger partial charge in [-0.3, -0.25) is 0 Å². The lowest BCUT2D eigenvalue weighted by Gasteiger charge is -2.09. The van der Waals surface area contributed by atoms with E-state index in [1.54, 1.807) is 0 Å². The smallest absolute Gasteiger partial charge is 0.0983 e. The summed E-state index contributed by atoms with van der Waals surface area (Å²) in [5.41, 5.74) is 0. The maximum atomic E-state index is 3.56. The van der Waals surface area contributed by atoms with Crippen molar-refractivity contribution < 1.29 is 0 Å². The van der Waals surface area contributed by atoms with E-state index in [1.165, 1.54) is 12.6 Å². The zero-order valence-electron chi connectivity index (χ0n) is 5.95. The summed E-state index contributed by atoms with van der Waals surface area (Å²) in [7, 11) is 0. The SMILES string of the molecule is CCB(CC)C(C)Br. The van der Waals surface area contributed by atoms with E-state index in [0.717, 1.165) is 6.71 Å². The Kier molecular flexibility index (Phi) is 4.73. The Bertz CT molecular complexity index is 50.5. The molecule has 48 valence electrons. The van der Waals surface area contributed by atoms with E-state index in [2.05, 4.69) is 36.7 Å². The second-order valence-corrected chi connectivity index (χ2v) is 3.70. The second kappa shape index (κ2) is 4.43. The zero-order valence-corrected chi connectivity index (χ0v) is 7.53. The number of rotatable bonds is 3. The van der Waals surface area contributed by atoms with Crippen LogP contribution in [0.1, 0.15) is 20.8 Å². The molecule has 1 unspecified atom stereocenters. The fourth-order valence-corrected chi connectivity index (χ4v) is 1.69. The molecule has 0 bridgehead atoms. The van der Waals surface area contributed by atoms with Gasteiger partial charge in [0.05, 0.1) is 0 Å². The molecule has 0 aliphatic carbocycles. The quantitative estimate of drug-likeness (QED) is 0.459. The van der Waals surface area contributed by atoms with Gasteiger partial charge in [0.1, 0.15) is 0 Å². The fourth-order valence-electron chi connectivity index (χ4n) is 0.938. The maximum Gasteiger partial charge on any atom is 0.155 e. The average Bonchev–Trinajstić information content (AvgIpc) is 1.69. The van der Waals surface area contributed by atoms with Crippen LogP contribution in [0.2, 0.25) is 12.6 Å². The first-order valence-electron chi connectivity index (χ1n) is 3.36. The lowest BCUT2D eigenvalue weighted by atomic mass is 9.44. The summed E-state index contributed by atoms with van der Waals surface area (Å²) in [6.07, 6.45) is 2.59. The molecule has 0 aromatic heterocycles. The number of halogens is 1. The molecule has 2 heteroatoms. The predicted octanol–water partition coefficient (Wildman–Crippen LogP) is 2.84. The molecule has 0 saturated carbocycles. The summed E-state index contributed by atoms with van der Waals surface area (Å²) in [6, 6.07) is 0. The van der Waals surface area contributed by atoms with Gasteiger partial charge < -0.3 is 0 Å². The van der Waals surface area contributed by atoms with Crippen LogP contribution in [-0.4, -0.2) is 11.4 Å². The van der Waals surface area contributed by atoms with E-state index in [9.17, 15) is 0 Å². The van der Waals surface area contributed by atoms with Gasteiger partial charge in [0.25, 0.3) is 0 Å². The molecule has 0 amide bonds. The monoisotopic (exact) mass is 176 g/mol. The summed E-state index contributed by atoms with van der Waals surface area (Å²) < 4.78 is 0.692. The molecule has 0 nitrogen and oxygen atoms in total. The minimum absolute atomic E-state index is 0.692. The van der Waals surface area contributed by atoms with Crippen LogP contribution in [0.3, 0.4) is 0 Å². The topological polar surface area (TPSA) is 0 Å². The van der Waals surface area contributed by atoms with Crippen molar-refractivity contribution in [1.29, 1.82) is 0 Å². The highest BCUT2D eigenvalue weighted by molar-refractivity contribution is 9.10. The molecular weight excluding hydrogens is 163 g/mol. The Labute approximate surface area is 61.3 Å². The van der Waals surface area contributed by atoms with E-state index < -0.39 is 0 Å². The maximum absolute atomic E-state index is 3.56. The summed E-state index contributed by atoms with van der Waals surface area (Å²) in [5.74, 6) is 0. The first kappa shape index (κ1) is 8.54. The summed E-state index contributed by atoms with van der Waals surface area (Å²) in [6.45, 7) is 7.57. The van der Waals surface area contributed by atoms with Crippen molar-refractivity contribution in [3.8, 4) is 0 Å². The predicted molar refractivity (Wildman–Crippen MR) is 45.1 cm³/mol. The van der Waals surface area contributed by atoms with Crippen LogP contribution < -0.4 is 0 Å². The van der Waals surface area contributed by atoms with Crippen LogP contribution in [0, 0.1) is 0 Å². The largest absolute Gasteiger partial charge is 0.155 e. The van der Waals surface area contributed by atoms with Gasteiger partial charge in [-0.1, -0.05) is 49.3 Å². The Hall–Kier alpha value is 0.545. The van der Waals surface area contributed by atoms with Gasteiger partial charge in [0.15, 0.2) is 6.71 Å². The molecule has 0 N–H and O–H groups in total. The van der Waals surface area contributed by atoms with E-state index in [-0.39, 0.29) is 0 Å². The molecule has 0 spiro atoms. The number of alkyl halides is 1. The molecule has 0 aliphatic rings. The summed E-state index contributed by atoms with van der Waals surface area (Å²) >= 11 is 3.56. The third-order valence-electron chi connectivity index (χ3n) is 1.70. The highest BCUT2D eigenvalue weighted by atomic mass is 79.9. The number of hydrogen-bond acceptors (Lipinski definition) is 0. The van der Waals surface area contributed by atoms with Crippen molar-refractivity contribution in [3.05, 3.63) is 0 Å². The lowest BCUT2D eigenvalue weighted by molar-refractivity contribution is 1.22. The molecule has 0 saturated heterocycles. The molecular formula is C6H14BBr. The second-order valence-electron chi connectivity index (χ2n) is 2.25. The van der Waals surface area contributed by atoms with E-state index in [1.807, 2.05) is 0 Å². The first-order chi connectivity index (χ1) is 3.72. The normalized spacial score (nSPS) is 13.5. The minimum atomic E-state index is 0.692. The Morgan fingerprint density at radius 2 is 1.75 bits per heavy atom. The molecule has 1 atom stereocenters. The number of hydrogen-bond donors (Lipinski definition) is 0. The van der Waals surface area contributed by atoms with Gasteiger partial charge in [0.2, 0.25) is 0 Å². The molecule has 0 aromatic rings. The van der Waals surface area contributed by atoms with Crippen LogP contribution in [0.25, 0.3) is 0 Å². The first-order valence-corrected chi connectivity index (χ1v) is 4.28. The van der Waals surface area contributed by atoms with Crippen molar-refractivity contribution in [2.45, 2.75) is 38.1 Å². The fraction of sp³-hybridized carbons (Fsp3) is 1.00. The van der Waals surface area contributed by atoms with Crippen molar-refractivity contribution >= 4 is 22.6 Å². The van der Waals surface area contributed by atoms with Crippen molar-refractivity contribution in [2.75, 3.05) is 0 Å². The van der Waals surface area contributed by atoms with Crippen molar-refractivity contribution in [2.24, 2.45) is 0 Å². The lowest BCUT2D eigenvalue weighted by Crippen LogP contribution is -2.20. The Morgan fingerprint density at radius 1 is 1.38 bits per heavy atom. The van der Waals surface area contributed by atoms with Gasteiger partial charge >= 0.3 is 0 Å². The van der Waals surface area contributed by atoms with E-state index in [0.29, 0.717) is 4.73 Å². The third-order valence-corrected chi connectivity index (χ3v) is 2.45. The molecule has 0 rings (SSSR count). The standard InChI is InChI=1S/C6H14BBr/c1-4-7(5-2)6(3)8/h6H,4-5H2,1-3H3. The van der Waals surface area contributed by atoms with Crippen LogP contribution in [0.15, 0.2) is 0 Å². The Morgan fingerprint density at radius 3 is 1.75 bits per heavy atom. The minimum Gasteiger partial charge on any atom is -0.0983 e. The average molecular weight is 177 g/mol. The van der Waals surface area contributed by atoms with Crippen LogP contribution in [0.4, 0.5) is 0 Å². The van der Waals surface area contributed by atoms with E-state index >= 15 is 0 Å². The molecule has 0 radical (unpaired) electrons. The zero-order chi connectivity index (χ0) is 6.57. The van der Waals surface area contributed by atoms with Crippen molar-refractivity contribution in [3.63, 3.8) is 0 Å². The van der Waals surface area contributed by atoms with Crippen LogP contribution >= 0.6 is 15.9 Å². The molecule has 0 fully saturated rings. The third kappa shape index (κ3) is 2.76. The van der Waals surface area contributed by atoms with Gasteiger partial charge in [-0.15, -0.1) is 0 Å². The van der Waals surface area contributed by atoms with Crippen LogP contribution in [-0.2, 0) is 0 Å². The summed E-state index contributed by atoms with van der Waals surface area (Å²) in [5, 5.41) is 0. The highest BCUT2D eigenvalue weighted by Crippen LogP contribution is 2.10.